The van der Waals surface area contributed by atoms with Gasteiger partial charge in [-0.15, -0.1) is 5.73 Å². The molecule has 0 fully saturated rings. The van der Waals surface area contributed by atoms with Crippen LogP contribution in [0.15, 0.2) is 18.4 Å². The molecule has 0 aromatic carbocycles. The summed E-state index contributed by atoms with van der Waals surface area (Å²) in [5.74, 6) is 0. The zero-order chi connectivity index (χ0) is 6.62. The monoisotopic (exact) mass is 122 g/mol. The molecule has 0 amide bonds. The fourth-order valence-corrected chi connectivity index (χ4v) is 0.188. The van der Waals surface area contributed by atoms with Gasteiger partial charge in [-0.3, -0.25) is 0 Å². The average Bonchev–Trinajstić information content (AvgIpc) is 1.59. The molecule has 46 valence electrons. The van der Waals surface area contributed by atoms with E-state index in [-0.39, 0.29) is 0 Å². The van der Waals surface area contributed by atoms with Crippen molar-refractivity contribution in [2.24, 2.45) is 0 Å². The minimum Gasteiger partial charge on any atom is -0.171 e. The van der Waals surface area contributed by atoms with Crippen LogP contribution >= 0.6 is 0 Å². The minimum absolute atomic E-state index is 0.847. The number of halogens is 3. The third-order valence-corrected chi connectivity index (χ3v) is 0.478. The molecule has 3 heteroatoms. The molecule has 0 saturated heterocycles. The molecule has 0 aliphatic heterocycles. The Morgan fingerprint density at radius 1 is 1.50 bits per heavy atom. The van der Waals surface area contributed by atoms with E-state index in [9.17, 15) is 13.2 Å². The zero-order valence-corrected chi connectivity index (χ0v) is 4.13. The summed E-state index contributed by atoms with van der Waals surface area (Å²) in [6.45, 7) is 2.98. The molecule has 0 aromatic rings. The van der Waals surface area contributed by atoms with Crippen LogP contribution in [0.4, 0.5) is 13.2 Å². The molecule has 0 bridgehead atoms. The fourth-order valence-electron chi connectivity index (χ4n) is 0.188. The summed E-state index contributed by atoms with van der Waals surface area (Å²) in [5.41, 5.74) is 2.03. The van der Waals surface area contributed by atoms with Crippen molar-refractivity contribution in [3.05, 3.63) is 18.4 Å². The molecule has 0 saturated carbocycles. The van der Waals surface area contributed by atoms with Gasteiger partial charge in [0.05, 0.1) is 6.42 Å². The normalized spacial score (nSPS) is 10.4. The van der Waals surface area contributed by atoms with Crippen molar-refractivity contribution in [3.8, 4) is 0 Å². The molecule has 0 aliphatic rings. The molecule has 0 radical (unpaired) electrons. The van der Waals surface area contributed by atoms with Crippen molar-refractivity contribution in [1.82, 2.24) is 0 Å². The van der Waals surface area contributed by atoms with E-state index in [2.05, 4.69) is 6.58 Å². The number of rotatable bonds is 1. The molecule has 0 nitrogen and oxygen atoms in total. The van der Waals surface area contributed by atoms with Crippen molar-refractivity contribution < 1.29 is 13.2 Å². The van der Waals surface area contributed by atoms with E-state index < -0.39 is 12.6 Å². The number of alkyl halides is 3. The largest absolute Gasteiger partial charge is 0.393 e. The van der Waals surface area contributed by atoms with Crippen molar-refractivity contribution in [2.45, 2.75) is 12.6 Å². The molecule has 8 heavy (non-hydrogen) atoms. The second kappa shape index (κ2) is 2.58. The van der Waals surface area contributed by atoms with Gasteiger partial charge in [0.2, 0.25) is 0 Å². The Kier molecular flexibility index (Phi) is 2.35. The van der Waals surface area contributed by atoms with Gasteiger partial charge in [-0.2, -0.15) is 13.2 Å². The summed E-state index contributed by atoms with van der Waals surface area (Å²) in [6.07, 6.45) is -4.19. The van der Waals surface area contributed by atoms with Crippen molar-refractivity contribution in [1.29, 1.82) is 0 Å². The lowest BCUT2D eigenvalue weighted by Gasteiger charge is -1.97. The van der Waals surface area contributed by atoms with E-state index in [1.54, 1.807) is 0 Å². The first-order valence-electron chi connectivity index (χ1n) is 1.97. The standard InChI is InChI=1S/C5H5F3/c1-2-3-4-5(6,7)8/h3H,1,4H2. The SMILES string of the molecule is C=C=CCC(F)(F)F. The van der Waals surface area contributed by atoms with Gasteiger partial charge in [-0.25, -0.2) is 0 Å². The maximum Gasteiger partial charge on any atom is 0.393 e. The van der Waals surface area contributed by atoms with Crippen LogP contribution < -0.4 is 0 Å². The van der Waals surface area contributed by atoms with Crippen LogP contribution in [0.1, 0.15) is 6.42 Å². The maximum absolute atomic E-state index is 11.1. The predicted octanol–water partition coefficient (Wildman–Crippen LogP) is 2.28. The van der Waals surface area contributed by atoms with Gasteiger partial charge in [-0.1, -0.05) is 6.58 Å². The quantitative estimate of drug-likeness (QED) is 0.468. The summed E-state index contributed by atoms with van der Waals surface area (Å²) in [6, 6.07) is 0. The summed E-state index contributed by atoms with van der Waals surface area (Å²) < 4.78 is 33.4. The van der Waals surface area contributed by atoms with E-state index in [1.807, 2.05) is 5.73 Å². The number of hydrogen-bond donors (Lipinski definition) is 0. The summed E-state index contributed by atoms with van der Waals surface area (Å²) in [7, 11) is 0. The highest BCUT2D eigenvalue weighted by atomic mass is 19.4. The second-order valence-electron chi connectivity index (χ2n) is 1.23. The minimum atomic E-state index is -4.11. The van der Waals surface area contributed by atoms with Crippen LogP contribution in [0.3, 0.4) is 0 Å². The summed E-state index contributed by atoms with van der Waals surface area (Å²) in [4.78, 5) is 0. The molecular formula is C5H5F3. The van der Waals surface area contributed by atoms with Gasteiger partial charge < -0.3 is 0 Å². The van der Waals surface area contributed by atoms with Crippen LogP contribution in [-0.4, -0.2) is 6.18 Å². The Bertz CT molecular complexity index is 105. The van der Waals surface area contributed by atoms with Crippen LogP contribution in [0.25, 0.3) is 0 Å². The lowest BCUT2D eigenvalue weighted by molar-refractivity contribution is -0.124. The molecule has 0 N–H and O–H groups in total. The summed E-state index contributed by atoms with van der Waals surface area (Å²) >= 11 is 0. The predicted molar refractivity (Wildman–Crippen MR) is 24.4 cm³/mol. The molecule has 0 atom stereocenters. The van der Waals surface area contributed by atoms with Gasteiger partial charge in [0, 0.05) is 0 Å². The molecule has 0 aromatic heterocycles. The van der Waals surface area contributed by atoms with E-state index >= 15 is 0 Å². The van der Waals surface area contributed by atoms with Crippen LogP contribution in [0, 0.1) is 0 Å². The molecule has 0 aliphatic carbocycles. The van der Waals surface area contributed by atoms with Crippen molar-refractivity contribution in [2.75, 3.05) is 0 Å². The Hall–Kier alpha value is -0.690. The number of hydrogen-bond acceptors (Lipinski definition) is 0. The smallest absolute Gasteiger partial charge is 0.171 e. The first-order valence-corrected chi connectivity index (χ1v) is 1.97. The van der Waals surface area contributed by atoms with Gasteiger partial charge in [0.1, 0.15) is 0 Å². The Labute approximate surface area is 45.3 Å². The highest BCUT2D eigenvalue weighted by Crippen LogP contribution is 2.18. The fraction of sp³-hybridized carbons (Fsp3) is 0.400. The molecule has 0 unspecified atom stereocenters. The lowest BCUT2D eigenvalue weighted by atomic mass is 10.4. The molecule has 0 rings (SSSR count). The second-order valence-corrected chi connectivity index (χ2v) is 1.23. The van der Waals surface area contributed by atoms with Crippen LogP contribution in [0.2, 0.25) is 0 Å². The lowest BCUT2D eigenvalue weighted by Crippen LogP contribution is -2.03. The Morgan fingerprint density at radius 2 is 2.00 bits per heavy atom. The average molecular weight is 122 g/mol. The van der Waals surface area contributed by atoms with Crippen LogP contribution in [-0.2, 0) is 0 Å². The van der Waals surface area contributed by atoms with Gasteiger partial charge in [0.15, 0.2) is 0 Å². The van der Waals surface area contributed by atoms with Gasteiger partial charge in [-0.05, 0) is 6.08 Å². The molecule has 0 heterocycles. The van der Waals surface area contributed by atoms with Crippen LogP contribution in [0.5, 0.6) is 0 Å². The first kappa shape index (κ1) is 7.31. The highest BCUT2D eigenvalue weighted by Gasteiger charge is 2.24. The van der Waals surface area contributed by atoms with E-state index in [0.717, 1.165) is 6.08 Å². The number of allylic oxidation sites excluding steroid dienone is 1. The maximum atomic E-state index is 11.1. The Morgan fingerprint density at radius 3 is 2.12 bits per heavy atom. The van der Waals surface area contributed by atoms with Gasteiger partial charge >= 0.3 is 6.18 Å². The van der Waals surface area contributed by atoms with Crippen molar-refractivity contribution in [3.63, 3.8) is 0 Å². The first-order chi connectivity index (χ1) is 3.56. The Balaban J connectivity index is 3.55. The highest BCUT2D eigenvalue weighted by molar-refractivity contribution is 4.78. The van der Waals surface area contributed by atoms with E-state index in [1.165, 1.54) is 0 Å². The molecular weight excluding hydrogens is 117 g/mol. The molecule has 0 spiro atoms. The van der Waals surface area contributed by atoms with Gasteiger partial charge in [0.25, 0.3) is 0 Å². The van der Waals surface area contributed by atoms with Crippen molar-refractivity contribution >= 4 is 0 Å². The van der Waals surface area contributed by atoms with E-state index in [0.29, 0.717) is 0 Å². The topological polar surface area (TPSA) is 0 Å². The third kappa shape index (κ3) is 5.31. The third-order valence-electron chi connectivity index (χ3n) is 0.478. The summed E-state index contributed by atoms with van der Waals surface area (Å²) in [5, 5.41) is 0. The zero-order valence-electron chi connectivity index (χ0n) is 4.13. The van der Waals surface area contributed by atoms with E-state index in [4.69, 9.17) is 0 Å².